The first-order chi connectivity index (χ1) is 8.97. The molecule has 0 atom stereocenters. The SMILES string of the molecule is COC(=O)c1cccc(N(C)CCOC(C)C)c1N. The van der Waals surface area contributed by atoms with Crippen molar-refractivity contribution in [3.63, 3.8) is 0 Å². The molecule has 1 rings (SSSR count). The molecule has 5 nitrogen and oxygen atoms in total. The van der Waals surface area contributed by atoms with Gasteiger partial charge >= 0.3 is 5.97 Å². The van der Waals surface area contributed by atoms with E-state index in [9.17, 15) is 4.79 Å². The lowest BCUT2D eigenvalue weighted by Gasteiger charge is -2.22. The third kappa shape index (κ3) is 4.13. The van der Waals surface area contributed by atoms with E-state index in [1.165, 1.54) is 7.11 Å². The van der Waals surface area contributed by atoms with Gasteiger partial charge < -0.3 is 20.1 Å². The van der Waals surface area contributed by atoms with Gasteiger partial charge in [0.2, 0.25) is 0 Å². The molecule has 0 aliphatic rings. The molecule has 0 amide bonds. The molecule has 0 aromatic heterocycles. The van der Waals surface area contributed by atoms with E-state index in [0.29, 0.717) is 24.4 Å². The first-order valence-electron chi connectivity index (χ1n) is 6.27. The van der Waals surface area contributed by atoms with Crippen LogP contribution >= 0.6 is 0 Å². The summed E-state index contributed by atoms with van der Waals surface area (Å²) < 4.78 is 10.2. The van der Waals surface area contributed by atoms with Crippen LogP contribution in [0.15, 0.2) is 18.2 Å². The average Bonchev–Trinajstić information content (AvgIpc) is 2.37. The van der Waals surface area contributed by atoms with Gasteiger partial charge in [-0.1, -0.05) is 6.07 Å². The molecule has 0 saturated heterocycles. The van der Waals surface area contributed by atoms with Gasteiger partial charge in [-0.2, -0.15) is 0 Å². The number of methoxy groups -OCH3 is 1. The predicted octanol–water partition coefficient (Wildman–Crippen LogP) is 1.92. The first-order valence-corrected chi connectivity index (χ1v) is 6.27. The molecule has 0 bridgehead atoms. The summed E-state index contributed by atoms with van der Waals surface area (Å²) in [5, 5.41) is 0. The maximum atomic E-state index is 11.6. The second-order valence-electron chi connectivity index (χ2n) is 4.57. The number of benzene rings is 1. The molecule has 1 aromatic rings. The zero-order valence-corrected chi connectivity index (χ0v) is 12.0. The van der Waals surface area contributed by atoms with Gasteiger partial charge in [0.1, 0.15) is 0 Å². The normalized spacial score (nSPS) is 10.6. The lowest BCUT2D eigenvalue weighted by atomic mass is 10.1. The van der Waals surface area contributed by atoms with Crippen LogP contribution in [-0.2, 0) is 9.47 Å². The molecule has 0 fully saturated rings. The summed E-state index contributed by atoms with van der Waals surface area (Å²) in [5.74, 6) is -0.425. The molecule has 19 heavy (non-hydrogen) atoms. The Balaban J connectivity index is 2.80. The molecular weight excluding hydrogens is 244 g/mol. The standard InChI is InChI=1S/C14H22N2O3/c1-10(2)19-9-8-16(3)12-7-5-6-11(13(12)15)14(17)18-4/h5-7,10H,8-9,15H2,1-4H3. The molecular formula is C14H22N2O3. The van der Waals surface area contributed by atoms with E-state index >= 15 is 0 Å². The van der Waals surface area contributed by atoms with Gasteiger partial charge in [0.15, 0.2) is 0 Å². The summed E-state index contributed by atoms with van der Waals surface area (Å²) >= 11 is 0. The second kappa shape index (κ2) is 6.99. The summed E-state index contributed by atoms with van der Waals surface area (Å²) in [7, 11) is 3.26. The van der Waals surface area contributed by atoms with Crippen LogP contribution in [0.3, 0.4) is 0 Å². The van der Waals surface area contributed by atoms with E-state index < -0.39 is 5.97 Å². The Morgan fingerprint density at radius 1 is 1.42 bits per heavy atom. The van der Waals surface area contributed by atoms with E-state index in [0.717, 1.165) is 5.69 Å². The minimum absolute atomic E-state index is 0.201. The van der Waals surface area contributed by atoms with Crippen molar-refractivity contribution < 1.29 is 14.3 Å². The number of hydrogen-bond donors (Lipinski definition) is 1. The van der Waals surface area contributed by atoms with Crippen molar-refractivity contribution in [1.29, 1.82) is 0 Å². The van der Waals surface area contributed by atoms with Gasteiger partial charge in [0.25, 0.3) is 0 Å². The Morgan fingerprint density at radius 2 is 2.11 bits per heavy atom. The zero-order chi connectivity index (χ0) is 14.4. The molecule has 0 aliphatic carbocycles. The van der Waals surface area contributed by atoms with Crippen molar-refractivity contribution in [2.24, 2.45) is 0 Å². The monoisotopic (exact) mass is 266 g/mol. The number of para-hydroxylation sites is 1. The third-order valence-electron chi connectivity index (χ3n) is 2.78. The first kappa shape index (κ1) is 15.3. The maximum Gasteiger partial charge on any atom is 0.340 e. The number of carbonyl (C=O) groups is 1. The van der Waals surface area contributed by atoms with Crippen molar-refractivity contribution in [3.8, 4) is 0 Å². The topological polar surface area (TPSA) is 64.8 Å². The van der Waals surface area contributed by atoms with Crippen molar-refractivity contribution >= 4 is 17.3 Å². The number of anilines is 2. The molecule has 1 aromatic carbocycles. The molecule has 0 spiro atoms. The van der Waals surface area contributed by atoms with E-state index in [1.807, 2.05) is 31.9 Å². The van der Waals surface area contributed by atoms with Gasteiger partial charge in [0.05, 0.1) is 36.8 Å². The van der Waals surface area contributed by atoms with Crippen LogP contribution in [0.5, 0.6) is 0 Å². The molecule has 0 radical (unpaired) electrons. The smallest absolute Gasteiger partial charge is 0.340 e. The van der Waals surface area contributed by atoms with Gasteiger partial charge in [-0.25, -0.2) is 4.79 Å². The fourth-order valence-corrected chi connectivity index (χ4v) is 1.72. The lowest BCUT2D eigenvalue weighted by molar-refractivity contribution is 0.0602. The van der Waals surface area contributed by atoms with Crippen LogP contribution in [0.4, 0.5) is 11.4 Å². The summed E-state index contributed by atoms with van der Waals surface area (Å²) in [6, 6.07) is 5.32. The average molecular weight is 266 g/mol. The number of esters is 1. The Labute approximate surface area is 114 Å². The molecule has 0 heterocycles. The van der Waals surface area contributed by atoms with Crippen molar-refractivity contribution in [2.75, 3.05) is 37.9 Å². The minimum Gasteiger partial charge on any atom is -0.465 e. The number of nitrogens with zero attached hydrogens (tertiary/aromatic N) is 1. The fourth-order valence-electron chi connectivity index (χ4n) is 1.72. The summed E-state index contributed by atoms with van der Waals surface area (Å²) in [5.41, 5.74) is 7.63. The summed E-state index contributed by atoms with van der Waals surface area (Å²) in [6.45, 7) is 5.29. The fraction of sp³-hybridized carbons (Fsp3) is 0.500. The van der Waals surface area contributed by atoms with Gasteiger partial charge in [-0.05, 0) is 26.0 Å². The lowest BCUT2D eigenvalue weighted by Crippen LogP contribution is -2.25. The highest BCUT2D eigenvalue weighted by Crippen LogP contribution is 2.26. The number of rotatable bonds is 6. The highest BCUT2D eigenvalue weighted by molar-refractivity contribution is 5.98. The molecule has 106 valence electrons. The van der Waals surface area contributed by atoms with Crippen molar-refractivity contribution in [1.82, 2.24) is 0 Å². The molecule has 0 aliphatic heterocycles. The van der Waals surface area contributed by atoms with Crippen molar-refractivity contribution in [2.45, 2.75) is 20.0 Å². The van der Waals surface area contributed by atoms with Crippen molar-refractivity contribution in [3.05, 3.63) is 23.8 Å². The number of hydrogen-bond acceptors (Lipinski definition) is 5. The van der Waals surface area contributed by atoms with Crippen LogP contribution in [0.2, 0.25) is 0 Å². The van der Waals surface area contributed by atoms with Gasteiger partial charge in [-0.3, -0.25) is 0 Å². The maximum absolute atomic E-state index is 11.6. The number of ether oxygens (including phenoxy) is 2. The number of likely N-dealkylation sites (N-methyl/N-ethyl adjacent to an activating group) is 1. The molecule has 0 saturated carbocycles. The van der Waals surface area contributed by atoms with Crippen LogP contribution in [0.25, 0.3) is 0 Å². The van der Waals surface area contributed by atoms with Crippen LogP contribution in [0, 0.1) is 0 Å². The molecule has 5 heteroatoms. The highest BCUT2D eigenvalue weighted by Gasteiger charge is 2.14. The van der Waals surface area contributed by atoms with E-state index in [1.54, 1.807) is 12.1 Å². The Kier molecular flexibility index (Phi) is 5.63. The van der Waals surface area contributed by atoms with E-state index in [-0.39, 0.29) is 6.10 Å². The van der Waals surface area contributed by atoms with Crippen LogP contribution in [-0.4, -0.2) is 39.4 Å². The quantitative estimate of drug-likeness (QED) is 0.629. The predicted molar refractivity (Wildman–Crippen MR) is 76.6 cm³/mol. The van der Waals surface area contributed by atoms with Gasteiger partial charge in [-0.15, -0.1) is 0 Å². The third-order valence-corrected chi connectivity index (χ3v) is 2.78. The summed E-state index contributed by atoms with van der Waals surface area (Å²) in [6.07, 6.45) is 0.201. The largest absolute Gasteiger partial charge is 0.465 e. The number of nitrogen functional groups attached to an aromatic ring is 1. The van der Waals surface area contributed by atoms with Crippen LogP contribution < -0.4 is 10.6 Å². The Morgan fingerprint density at radius 3 is 2.68 bits per heavy atom. The van der Waals surface area contributed by atoms with E-state index in [4.69, 9.17) is 15.2 Å². The number of carbonyl (C=O) groups excluding carboxylic acids is 1. The summed E-state index contributed by atoms with van der Waals surface area (Å²) in [4.78, 5) is 13.5. The van der Waals surface area contributed by atoms with E-state index in [2.05, 4.69) is 0 Å². The second-order valence-corrected chi connectivity index (χ2v) is 4.57. The Bertz CT molecular complexity index is 433. The molecule has 0 unspecified atom stereocenters. The van der Waals surface area contributed by atoms with Gasteiger partial charge in [0, 0.05) is 13.6 Å². The highest BCUT2D eigenvalue weighted by atomic mass is 16.5. The molecule has 2 N–H and O–H groups in total. The number of nitrogens with two attached hydrogens (primary N) is 1. The van der Waals surface area contributed by atoms with Crippen LogP contribution in [0.1, 0.15) is 24.2 Å². The minimum atomic E-state index is -0.425. The zero-order valence-electron chi connectivity index (χ0n) is 12.0. The Hall–Kier alpha value is -1.75.